The van der Waals surface area contributed by atoms with Gasteiger partial charge in [-0.1, -0.05) is 0 Å². The van der Waals surface area contributed by atoms with Crippen molar-refractivity contribution in [3.05, 3.63) is 72.3 Å². The highest BCUT2D eigenvalue weighted by Crippen LogP contribution is 2.24. The Morgan fingerprint density at radius 2 is 1.46 bits per heavy atom. The van der Waals surface area contributed by atoms with Crippen LogP contribution in [0, 0.1) is 0 Å². The van der Waals surface area contributed by atoms with Crippen LogP contribution in [-0.4, -0.2) is 35.9 Å². The quantitative estimate of drug-likeness (QED) is 0.610. The van der Waals surface area contributed by atoms with Crippen LogP contribution in [0.15, 0.2) is 60.9 Å². The molecule has 1 aromatic carbocycles. The van der Waals surface area contributed by atoms with E-state index in [1.807, 2.05) is 12.1 Å². The maximum atomic E-state index is 11.6. The second-order valence-corrected chi connectivity index (χ2v) is 5.72. The highest BCUT2D eigenvalue weighted by molar-refractivity contribution is 5.92. The summed E-state index contributed by atoms with van der Waals surface area (Å²) >= 11 is 0. The van der Waals surface area contributed by atoms with E-state index in [4.69, 9.17) is 4.74 Å². The summed E-state index contributed by atoms with van der Waals surface area (Å²) in [6.45, 7) is 0. The van der Waals surface area contributed by atoms with Gasteiger partial charge < -0.3 is 20.7 Å². The van der Waals surface area contributed by atoms with E-state index in [-0.39, 0.29) is 17.5 Å². The molecule has 0 spiro atoms. The zero-order chi connectivity index (χ0) is 19.9. The highest BCUT2D eigenvalue weighted by Gasteiger charge is 2.07. The van der Waals surface area contributed by atoms with E-state index in [2.05, 4.69) is 25.9 Å². The fourth-order valence-electron chi connectivity index (χ4n) is 2.37. The Morgan fingerprint density at radius 3 is 2.11 bits per heavy atom. The average Bonchev–Trinajstić information content (AvgIpc) is 2.74. The number of carbonyl (C=O) groups excluding carboxylic acids is 2. The van der Waals surface area contributed by atoms with Crippen LogP contribution in [0.3, 0.4) is 0 Å². The molecule has 0 aliphatic heterocycles. The average molecular weight is 377 g/mol. The minimum atomic E-state index is -0.277. The van der Waals surface area contributed by atoms with Crippen LogP contribution in [0.25, 0.3) is 0 Å². The van der Waals surface area contributed by atoms with Gasteiger partial charge >= 0.3 is 0 Å². The van der Waals surface area contributed by atoms with Gasteiger partial charge in [-0.2, -0.15) is 0 Å². The molecular weight excluding hydrogens is 358 g/mol. The molecule has 2 amide bonds. The predicted molar refractivity (Wildman–Crippen MR) is 105 cm³/mol. The molecule has 0 fully saturated rings. The van der Waals surface area contributed by atoms with E-state index in [9.17, 15) is 9.59 Å². The Bertz CT molecular complexity index is 972. The van der Waals surface area contributed by atoms with Crippen LogP contribution in [0.4, 0.5) is 11.4 Å². The normalized spacial score (nSPS) is 10.1. The first kappa shape index (κ1) is 18.8. The van der Waals surface area contributed by atoms with Crippen LogP contribution in [0.5, 0.6) is 11.5 Å². The molecule has 3 rings (SSSR count). The van der Waals surface area contributed by atoms with Crippen molar-refractivity contribution < 1.29 is 14.3 Å². The van der Waals surface area contributed by atoms with E-state index >= 15 is 0 Å². The number of carbonyl (C=O) groups is 2. The first-order valence-electron chi connectivity index (χ1n) is 8.50. The smallest absolute Gasteiger partial charge is 0.269 e. The van der Waals surface area contributed by atoms with Crippen molar-refractivity contribution in [1.82, 2.24) is 20.6 Å². The van der Waals surface area contributed by atoms with Gasteiger partial charge in [0.1, 0.15) is 22.9 Å². The van der Waals surface area contributed by atoms with Crippen LogP contribution in [-0.2, 0) is 0 Å². The third kappa shape index (κ3) is 4.61. The van der Waals surface area contributed by atoms with Crippen molar-refractivity contribution in [3.8, 4) is 11.5 Å². The lowest BCUT2D eigenvalue weighted by Crippen LogP contribution is -2.18. The summed E-state index contributed by atoms with van der Waals surface area (Å²) in [6, 6.07) is 14.0. The number of amides is 2. The maximum absolute atomic E-state index is 11.6. The van der Waals surface area contributed by atoms with E-state index in [1.165, 1.54) is 6.20 Å². The number of hydrogen-bond donors (Lipinski definition) is 3. The second kappa shape index (κ2) is 8.63. The molecule has 0 saturated carbocycles. The lowest BCUT2D eigenvalue weighted by atomic mass is 10.2. The number of hydrogen-bond acceptors (Lipinski definition) is 6. The number of anilines is 2. The fraction of sp³-hybridized carbons (Fsp3) is 0.100. The molecule has 0 aliphatic carbocycles. The zero-order valence-corrected chi connectivity index (χ0v) is 15.4. The van der Waals surface area contributed by atoms with Gasteiger partial charge in [-0.3, -0.25) is 14.6 Å². The largest absolute Gasteiger partial charge is 0.457 e. The summed E-state index contributed by atoms with van der Waals surface area (Å²) in [7, 11) is 3.11. The van der Waals surface area contributed by atoms with Gasteiger partial charge in [-0.15, -0.1) is 0 Å². The second-order valence-electron chi connectivity index (χ2n) is 5.72. The van der Waals surface area contributed by atoms with Gasteiger partial charge in [0.05, 0.1) is 11.9 Å². The van der Waals surface area contributed by atoms with Crippen molar-refractivity contribution in [2.45, 2.75) is 0 Å². The number of pyridine rings is 2. The first-order valence-corrected chi connectivity index (χ1v) is 8.50. The third-order valence-corrected chi connectivity index (χ3v) is 3.79. The molecule has 28 heavy (non-hydrogen) atoms. The SMILES string of the molecule is CNC(=O)c1ccc(Nc2ccc(Oc3ccnc(C(=O)NC)c3)cc2)cn1. The van der Waals surface area contributed by atoms with Gasteiger partial charge in [0.25, 0.3) is 11.8 Å². The van der Waals surface area contributed by atoms with Crippen molar-refractivity contribution >= 4 is 23.2 Å². The van der Waals surface area contributed by atoms with Crippen LogP contribution in [0.2, 0.25) is 0 Å². The number of nitrogens with one attached hydrogen (secondary N) is 3. The number of benzene rings is 1. The molecular formula is C20H19N5O3. The summed E-state index contributed by atoms with van der Waals surface area (Å²) in [4.78, 5) is 31.3. The third-order valence-electron chi connectivity index (χ3n) is 3.79. The summed E-state index contributed by atoms with van der Waals surface area (Å²) in [5.41, 5.74) is 2.23. The number of ether oxygens (including phenoxy) is 1. The van der Waals surface area contributed by atoms with E-state index in [0.29, 0.717) is 17.2 Å². The molecule has 0 unspecified atom stereocenters. The Labute approximate surface area is 162 Å². The van der Waals surface area contributed by atoms with Crippen molar-refractivity contribution in [1.29, 1.82) is 0 Å². The summed E-state index contributed by atoms with van der Waals surface area (Å²) < 4.78 is 5.77. The molecule has 0 bridgehead atoms. The Hall–Kier alpha value is -3.94. The van der Waals surface area contributed by atoms with Gasteiger partial charge in [0.15, 0.2) is 0 Å². The Morgan fingerprint density at radius 1 is 0.786 bits per heavy atom. The van der Waals surface area contributed by atoms with E-state index in [1.54, 1.807) is 56.7 Å². The molecule has 2 aromatic heterocycles. The van der Waals surface area contributed by atoms with Gasteiger partial charge in [-0.25, -0.2) is 4.98 Å². The maximum Gasteiger partial charge on any atom is 0.269 e. The molecule has 3 aromatic rings. The van der Waals surface area contributed by atoms with Crippen molar-refractivity contribution in [3.63, 3.8) is 0 Å². The summed E-state index contributed by atoms with van der Waals surface area (Å²) in [5.74, 6) is 0.626. The van der Waals surface area contributed by atoms with Crippen LogP contribution < -0.4 is 20.7 Å². The van der Waals surface area contributed by atoms with Crippen LogP contribution in [0.1, 0.15) is 21.0 Å². The molecule has 3 N–H and O–H groups in total. The predicted octanol–water partition coefficient (Wildman–Crippen LogP) is 2.73. The summed E-state index contributed by atoms with van der Waals surface area (Å²) in [6.07, 6.45) is 3.11. The minimum Gasteiger partial charge on any atom is -0.457 e. The zero-order valence-electron chi connectivity index (χ0n) is 15.4. The molecule has 0 atom stereocenters. The molecule has 0 radical (unpaired) electrons. The Balaban J connectivity index is 1.65. The van der Waals surface area contributed by atoms with Crippen molar-refractivity contribution in [2.24, 2.45) is 0 Å². The van der Waals surface area contributed by atoms with Gasteiger partial charge in [0.2, 0.25) is 0 Å². The first-order chi connectivity index (χ1) is 13.6. The van der Waals surface area contributed by atoms with Gasteiger partial charge in [-0.05, 0) is 42.5 Å². The highest BCUT2D eigenvalue weighted by atomic mass is 16.5. The lowest BCUT2D eigenvalue weighted by Gasteiger charge is -2.09. The molecule has 0 aliphatic rings. The molecule has 2 heterocycles. The molecule has 8 heteroatoms. The number of rotatable bonds is 6. The van der Waals surface area contributed by atoms with E-state index in [0.717, 1.165) is 11.4 Å². The van der Waals surface area contributed by atoms with E-state index < -0.39 is 0 Å². The molecule has 142 valence electrons. The monoisotopic (exact) mass is 377 g/mol. The van der Waals surface area contributed by atoms with Crippen LogP contribution >= 0.6 is 0 Å². The summed E-state index contributed by atoms with van der Waals surface area (Å²) in [5, 5.41) is 8.25. The lowest BCUT2D eigenvalue weighted by molar-refractivity contribution is 0.0950. The standard InChI is InChI=1S/C20H19N5O3/c1-21-19(26)17-8-5-14(12-24-17)25-13-3-6-15(7-4-13)28-16-9-10-23-18(11-16)20(27)22-2/h3-12,25H,1-2H3,(H,21,26)(H,22,27). The Kier molecular flexibility index (Phi) is 5.81. The fourth-order valence-corrected chi connectivity index (χ4v) is 2.37. The molecule has 0 saturated heterocycles. The molecule has 8 nitrogen and oxygen atoms in total. The number of nitrogens with zero attached hydrogens (tertiary/aromatic N) is 2. The van der Waals surface area contributed by atoms with Crippen molar-refractivity contribution in [2.75, 3.05) is 19.4 Å². The number of aromatic nitrogens is 2. The van der Waals surface area contributed by atoms with Gasteiger partial charge in [0, 0.05) is 32.0 Å². The minimum absolute atomic E-state index is 0.233. The topological polar surface area (TPSA) is 105 Å².